The van der Waals surface area contributed by atoms with Gasteiger partial charge in [-0.3, -0.25) is 0 Å². The van der Waals surface area contributed by atoms with Crippen LogP contribution in [0.1, 0.15) is 11.1 Å². The number of hydrogen-bond acceptors (Lipinski definition) is 5. The molecular weight excluding hydrogens is 220 g/mol. The highest BCUT2D eigenvalue weighted by atomic mass is 32.1. The molecule has 84 valence electrons. The van der Waals surface area contributed by atoms with Gasteiger partial charge >= 0.3 is 0 Å². The van der Waals surface area contributed by atoms with Crippen molar-refractivity contribution in [2.75, 3.05) is 17.6 Å². The second-order valence-electron chi connectivity index (χ2n) is 3.62. The highest BCUT2D eigenvalue weighted by Gasteiger charge is 1.99. The van der Waals surface area contributed by atoms with E-state index in [1.165, 1.54) is 22.7 Å². The molecule has 0 unspecified atom stereocenters. The summed E-state index contributed by atoms with van der Waals surface area (Å²) < 4.78 is 3.90. The average Bonchev–Trinajstić information content (AvgIpc) is 2.64. The smallest absolute Gasteiger partial charge is 0.233 e. The number of aryl methyl sites for hydroxylation is 1. The lowest BCUT2D eigenvalue weighted by atomic mass is 10.1. The zero-order chi connectivity index (χ0) is 11.4. The molecule has 0 saturated heterocycles. The Balaban J connectivity index is 1.84. The van der Waals surface area contributed by atoms with Crippen molar-refractivity contribution >= 4 is 22.6 Å². The molecule has 16 heavy (non-hydrogen) atoms. The van der Waals surface area contributed by atoms with E-state index in [0.717, 1.165) is 18.1 Å². The van der Waals surface area contributed by atoms with E-state index in [1.54, 1.807) is 0 Å². The van der Waals surface area contributed by atoms with Crippen LogP contribution in [-0.2, 0) is 6.42 Å². The Hall–Kier alpha value is -1.62. The molecule has 0 amide bonds. The molecule has 0 bridgehead atoms. The minimum absolute atomic E-state index is 0.336. The molecule has 0 radical (unpaired) electrons. The SMILES string of the molecule is Cc1cccc(CCNc2nc(N)ns2)c1. The zero-order valence-electron chi connectivity index (χ0n) is 9.10. The highest BCUT2D eigenvalue weighted by molar-refractivity contribution is 7.09. The minimum Gasteiger partial charge on any atom is -0.367 e. The molecule has 2 aromatic rings. The molecule has 0 fully saturated rings. The van der Waals surface area contributed by atoms with E-state index in [0.29, 0.717) is 5.95 Å². The number of nitrogens with zero attached hydrogens (tertiary/aromatic N) is 2. The summed E-state index contributed by atoms with van der Waals surface area (Å²) >= 11 is 1.29. The quantitative estimate of drug-likeness (QED) is 0.850. The second kappa shape index (κ2) is 4.94. The molecule has 5 heteroatoms. The van der Waals surface area contributed by atoms with Gasteiger partial charge in [-0.25, -0.2) is 0 Å². The van der Waals surface area contributed by atoms with E-state index >= 15 is 0 Å². The van der Waals surface area contributed by atoms with Gasteiger partial charge in [0, 0.05) is 18.1 Å². The van der Waals surface area contributed by atoms with Crippen molar-refractivity contribution in [1.82, 2.24) is 9.36 Å². The summed E-state index contributed by atoms with van der Waals surface area (Å²) in [6, 6.07) is 8.50. The van der Waals surface area contributed by atoms with Crippen LogP contribution in [0.4, 0.5) is 11.1 Å². The van der Waals surface area contributed by atoms with Gasteiger partial charge in [0.25, 0.3) is 0 Å². The van der Waals surface area contributed by atoms with Gasteiger partial charge in [-0.1, -0.05) is 29.8 Å². The van der Waals surface area contributed by atoms with Crippen LogP contribution in [0, 0.1) is 6.92 Å². The zero-order valence-corrected chi connectivity index (χ0v) is 9.92. The van der Waals surface area contributed by atoms with E-state index in [9.17, 15) is 0 Å². The van der Waals surface area contributed by atoms with E-state index in [2.05, 4.69) is 45.9 Å². The summed E-state index contributed by atoms with van der Waals surface area (Å²) in [5, 5.41) is 3.98. The maximum atomic E-state index is 5.43. The number of nitrogen functional groups attached to an aromatic ring is 1. The Bertz CT molecular complexity index is 467. The van der Waals surface area contributed by atoms with Gasteiger partial charge in [0.2, 0.25) is 11.1 Å². The standard InChI is InChI=1S/C11H14N4S/c1-8-3-2-4-9(7-8)5-6-13-11-14-10(12)15-16-11/h2-4,7H,5-6H2,1H3,(H3,12,13,14,15). The molecule has 1 aromatic carbocycles. The molecule has 2 rings (SSSR count). The Morgan fingerprint density at radius 1 is 1.44 bits per heavy atom. The molecule has 0 aliphatic carbocycles. The number of benzene rings is 1. The van der Waals surface area contributed by atoms with Crippen molar-refractivity contribution in [1.29, 1.82) is 0 Å². The van der Waals surface area contributed by atoms with Crippen molar-refractivity contribution in [3.05, 3.63) is 35.4 Å². The van der Waals surface area contributed by atoms with Crippen molar-refractivity contribution < 1.29 is 0 Å². The number of hydrogen-bond donors (Lipinski definition) is 2. The lowest BCUT2D eigenvalue weighted by Crippen LogP contribution is -2.04. The van der Waals surface area contributed by atoms with Crippen LogP contribution in [0.25, 0.3) is 0 Å². The van der Waals surface area contributed by atoms with Crippen molar-refractivity contribution in [3.63, 3.8) is 0 Å². The van der Waals surface area contributed by atoms with E-state index < -0.39 is 0 Å². The minimum atomic E-state index is 0.336. The molecule has 1 aromatic heterocycles. The fourth-order valence-electron chi connectivity index (χ4n) is 1.49. The largest absolute Gasteiger partial charge is 0.367 e. The number of nitrogens with one attached hydrogen (secondary N) is 1. The Morgan fingerprint density at radius 2 is 2.31 bits per heavy atom. The third-order valence-corrected chi connectivity index (χ3v) is 2.90. The molecule has 1 heterocycles. The molecule has 0 aliphatic rings. The molecular formula is C11H14N4S. The summed E-state index contributed by atoms with van der Waals surface area (Å²) in [6.45, 7) is 2.94. The van der Waals surface area contributed by atoms with Gasteiger partial charge < -0.3 is 11.1 Å². The maximum Gasteiger partial charge on any atom is 0.233 e. The van der Waals surface area contributed by atoms with Gasteiger partial charge in [-0.2, -0.15) is 9.36 Å². The summed E-state index contributed by atoms with van der Waals surface area (Å²) in [7, 11) is 0. The fourth-order valence-corrected chi connectivity index (χ4v) is 2.01. The maximum absolute atomic E-state index is 5.43. The Labute approximate surface area is 98.7 Å². The topological polar surface area (TPSA) is 63.8 Å². The second-order valence-corrected chi connectivity index (χ2v) is 4.38. The average molecular weight is 234 g/mol. The lowest BCUT2D eigenvalue weighted by Gasteiger charge is -2.03. The summed E-state index contributed by atoms with van der Waals surface area (Å²) in [5.74, 6) is 0.336. The summed E-state index contributed by atoms with van der Waals surface area (Å²) in [5.41, 5.74) is 8.04. The lowest BCUT2D eigenvalue weighted by molar-refractivity contribution is 1.01. The fraction of sp³-hybridized carbons (Fsp3) is 0.273. The van der Waals surface area contributed by atoms with Crippen molar-refractivity contribution in [2.24, 2.45) is 0 Å². The van der Waals surface area contributed by atoms with E-state index in [1.807, 2.05) is 0 Å². The molecule has 0 aliphatic heterocycles. The van der Waals surface area contributed by atoms with Gasteiger partial charge in [0.15, 0.2) is 0 Å². The van der Waals surface area contributed by atoms with Crippen molar-refractivity contribution in [3.8, 4) is 0 Å². The third kappa shape index (κ3) is 2.93. The molecule has 0 spiro atoms. The van der Waals surface area contributed by atoms with Crippen LogP contribution in [0.2, 0.25) is 0 Å². The van der Waals surface area contributed by atoms with Crippen LogP contribution in [0.5, 0.6) is 0 Å². The molecule has 0 atom stereocenters. The first kappa shape index (κ1) is 10.9. The van der Waals surface area contributed by atoms with Crippen LogP contribution >= 0.6 is 11.5 Å². The Kier molecular flexibility index (Phi) is 3.36. The van der Waals surface area contributed by atoms with Crippen LogP contribution in [-0.4, -0.2) is 15.9 Å². The number of anilines is 2. The first-order valence-electron chi connectivity index (χ1n) is 5.12. The van der Waals surface area contributed by atoms with Crippen LogP contribution < -0.4 is 11.1 Å². The number of aromatic nitrogens is 2. The van der Waals surface area contributed by atoms with Gasteiger partial charge in [0.1, 0.15) is 0 Å². The Morgan fingerprint density at radius 3 is 3.00 bits per heavy atom. The van der Waals surface area contributed by atoms with Crippen LogP contribution in [0.15, 0.2) is 24.3 Å². The van der Waals surface area contributed by atoms with Crippen molar-refractivity contribution in [2.45, 2.75) is 13.3 Å². The van der Waals surface area contributed by atoms with Gasteiger partial charge in [-0.05, 0) is 18.9 Å². The monoisotopic (exact) mass is 234 g/mol. The van der Waals surface area contributed by atoms with Gasteiger partial charge in [-0.15, -0.1) is 0 Å². The van der Waals surface area contributed by atoms with Gasteiger partial charge in [0.05, 0.1) is 0 Å². The summed E-state index contributed by atoms with van der Waals surface area (Å²) in [6.07, 6.45) is 0.973. The first-order valence-corrected chi connectivity index (χ1v) is 5.90. The molecule has 0 saturated carbocycles. The normalized spacial score (nSPS) is 10.3. The third-order valence-electron chi connectivity index (χ3n) is 2.21. The predicted octanol–water partition coefficient (Wildman–Crippen LogP) is 2.08. The predicted molar refractivity (Wildman–Crippen MR) is 67.7 cm³/mol. The van der Waals surface area contributed by atoms with Crippen LogP contribution in [0.3, 0.4) is 0 Å². The highest BCUT2D eigenvalue weighted by Crippen LogP contribution is 2.12. The first-order chi connectivity index (χ1) is 7.74. The summed E-state index contributed by atoms with van der Waals surface area (Å²) in [4.78, 5) is 4.03. The molecule has 3 N–H and O–H groups in total. The number of nitrogens with two attached hydrogens (primary N) is 1. The number of rotatable bonds is 4. The van der Waals surface area contributed by atoms with E-state index in [4.69, 9.17) is 5.73 Å². The van der Waals surface area contributed by atoms with E-state index in [-0.39, 0.29) is 0 Å². The molecule has 4 nitrogen and oxygen atoms in total.